The van der Waals surface area contributed by atoms with E-state index in [9.17, 15) is 15.0 Å². The third-order valence-corrected chi connectivity index (χ3v) is 3.43. The van der Waals surface area contributed by atoms with E-state index < -0.39 is 0 Å². The van der Waals surface area contributed by atoms with Crippen molar-refractivity contribution in [1.82, 2.24) is 5.32 Å². The molecule has 18 heavy (non-hydrogen) atoms. The highest BCUT2D eigenvalue weighted by Crippen LogP contribution is 2.25. The molecule has 0 bridgehead atoms. The van der Waals surface area contributed by atoms with Gasteiger partial charge in [-0.1, -0.05) is 6.42 Å². The zero-order valence-corrected chi connectivity index (χ0v) is 10.1. The van der Waals surface area contributed by atoms with Crippen molar-refractivity contribution in [2.75, 3.05) is 12.3 Å². The number of aliphatic hydroxyl groups excluding tert-OH is 1. The molecule has 0 aromatic heterocycles. The quantitative estimate of drug-likeness (QED) is 0.472. The first-order valence-corrected chi connectivity index (χ1v) is 6.12. The van der Waals surface area contributed by atoms with Gasteiger partial charge in [-0.3, -0.25) is 4.79 Å². The van der Waals surface area contributed by atoms with E-state index in [0.717, 1.165) is 19.3 Å². The van der Waals surface area contributed by atoms with Crippen LogP contribution < -0.4 is 11.1 Å². The van der Waals surface area contributed by atoms with E-state index in [0.29, 0.717) is 12.2 Å². The van der Waals surface area contributed by atoms with Gasteiger partial charge in [-0.05, 0) is 31.0 Å². The van der Waals surface area contributed by atoms with Crippen LogP contribution in [-0.2, 0) is 0 Å². The number of benzene rings is 1. The van der Waals surface area contributed by atoms with Crippen LogP contribution in [0.2, 0.25) is 0 Å². The second-order valence-corrected chi connectivity index (χ2v) is 4.74. The normalized spacial score (nSPS) is 22.9. The van der Waals surface area contributed by atoms with Crippen LogP contribution in [0.15, 0.2) is 18.2 Å². The summed E-state index contributed by atoms with van der Waals surface area (Å²) in [5, 5.41) is 21.7. The number of rotatable bonds is 3. The van der Waals surface area contributed by atoms with E-state index in [1.54, 1.807) is 0 Å². The molecule has 1 fully saturated rings. The van der Waals surface area contributed by atoms with E-state index in [-0.39, 0.29) is 29.2 Å². The summed E-state index contributed by atoms with van der Waals surface area (Å²) < 4.78 is 0. The van der Waals surface area contributed by atoms with Crippen molar-refractivity contribution in [2.24, 2.45) is 5.92 Å². The van der Waals surface area contributed by atoms with Crippen molar-refractivity contribution in [3.63, 3.8) is 0 Å². The molecular weight excluding hydrogens is 232 g/mol. The Balaban J connectivity index is 1.97. The molecule has 1 aliphatic rings. The second-order valence-electron chi connectivity index (χ2n) is 4.74. The largest absolute Gasteiger partial charge is 0.508 e. The molecule has 0 saturated heterocycles. The van der Waals surface area contributed by atoms with Crippen molar-refractivity contribution in [3.05, 3.63) is 23.8 Å². The minimum Gasteiger partial charge on any atom is -0.508 e. The molecule has 2 rings (SSSR count). The number of phenols is 1. The number of phenolic OH excluding ortho intramolecular Hbond substituents is 1. The lowest BCUT2D eigenvalue weighted by atomic mass is 10.1. The number of nitrogens with one attached hydrogen (secondary N) is 1. The van der Waals surface area contributed by atoms with Crippen LogP contribution in [0, 0.1) is 5.92 Å². The molecule has 1 aromatic carbocycles. The van der Waals surface area contributed by atoms with Crippen LogP contribution >= 0.6 is 0 Å². The van der Waals surface area contributed by atoms with Crippen LogP contribution in [0.4, 0.5) is 5.69 Å². The fraction of sp³-hybridized carbons (Fsp3) is 0.462. The van der Waals surface area contributed by atoms with E-state index in [1.807, 2.05) is 0 Å². The Kier molecular flexibility index (Phi) is 3.72. The summed E-state index contributed by atoms with van der Waals surface area (Å²) in [6.07, 6.45) is 2.40. The second kappa shape index (κ2) is 5.27. The smallest absolute Gasteiger partial charge is 0.253 e. The van der Waals surface area contributed by atoms with Gasteiger partial charge >= 0.3 is 0 Å². The number of carbonyl (C=O) groups is 1. The van der Waals surface area contributed by atoms with Crippen molar-refractivity contribution in [2.45, 2.75) is 25.4 Å². The maximum atomic E-state index is 11.9. The molecule has 1 saturated carbocycles. The van der Waals surface area contributed by atoms with Gasteiger partial charge < -0.3 is 21.3 Å². The summed E-state index contributed by atoms with van der Waals surface area (Å²) in [7, 11) is 0. The number of nitrogen functional groups attached to an aromatic ring is 1. The Bertz CT molecular complexity index is 448. The Morgan fingerprint density at radius 1 is 1.44 bits per heavy atom. The number of anilines is 1. The number of hydrogen-bond acceptors (Lipinski definition) is 4. The maximum absolute atomic E-state index is 11.9. The molecule has 1 aliphatic carbocycles. The summed E-state index contributed by atoms with van der Waals surface area (Å²) in [4.78, 5) is 11.9. The fourth-order valence-corrected chi connectivity index (χ4v) is 2.32. The molecule has 98 valence electrons. The van der Waals surface area contributed by atoms with Crippen LogP contribution in [0.3, 0.4) is 0 Å². The van der Waals surface area contributed by atoms with Crippen LogP contribution in [-0.4, -0.2) is 28.8 Å². The Morgan fingerprint density at radius 3 is 2.89 bits per heavy atom. The van der Waals surface area contributed by atoms with Gasteiger partial charge in [0.2, 0.25) is 0 Å². The molecule has 1 aromatic rings. The number of nitrogens with two attached hydrogens (primary N) is 1. The molecule has 5 heteroatoms. The molecular formula is C13H18N2O3. The lowest BCUT2D eigenvalue weighted by Gasteiger charge is -2.15. The molecule has 1 amide bonds. The highest BCUT2D eigenvalue weighted by atomic mass is 16.3. The van der Waals surface area contributed by atoms with Gasteiger partial charge in [0.1, 0.15) is 5.75 Å². The summed E-state index contributed by atoms with van der Waals surface area (Å²) in [5.41, 5.74) is 6.28. The van der Waals surface area contributed by atoms with Crippen molar-refractivity contribution >= 4 is 11.6 Å². The van der Waals surface area contributed by atoms with Crippen LogP contribution in [0.5, 0.6) is 5.75 Å². The van der Waals surface area contributed by atoms with Crippen molar-refractivity contribution in [3.8, 4) is 5.75 Å². The predicted molar refractivity (Wildman–Crippen MR) is 68.2 cm³/mol. The maximum Gasteiger partial charge on any atom is 0.253 e. The zero-order valence-electron chi connectivity index (χ0n) is 10.1. The Morgan fingerprint density at radius 2 is 2.22 bits per heavy atom. The number of aliphatic hydroxyl groups is 1. The number of carbonyl (C=O) groups excluding carboxylic acids is 1. The molecule has 5 nitrogen and oxygen atoms in total. The topological polar surface area (TPSA) is 95.6 Å². The minimum atomic E-state index is -0.327. The molecule has 0 aliphatic heterocycles. The monoisotopic (exact) mass is 250 g/mol. The molecule has 5 N–H and O–H groups in total. The van der Waals surface area contributed by atoms with Crippen molar-refractivity contribution < 1.29 is 15.0 Å². The molecule has 2 unspecified atom stereocenters. The number of aromatic hydroxyl groups is 1. The highest BCUT2D eigenvalue weighted by molar-refractivity contribution is 5.99. The third kappa shape index (κ3) is 2.73. The highest BCUT2D eigenvalue weighted by Gasteiger charge is 2.25. The molecule has 2 atom stereocenters. The lowest BCUT2D eigenvalue weighted by Crippen LogP contribution is -2.32. The zero-order chi connectivity index (χ0) is 13.1. The summed E-state index contributed by atoms with van der Waals surface area (Å²) in [6.45, 7) is 0.440. The molecule has 0 radical (unpaired) electrons. The van der Waals surface area contributed by atoms with E-state index >= 15 is 0 Å². The van der Waals surface area contributed by atoms with Crippen LogP contribution in [0.25, 0.3) is 0 Å². The van der Waals surface area contributed by atoms with Gasteiger partial charge in [0, 0.05) is 18.2 Å². The van der Waals surface area contributed by atoms with Gasteiger partial charge in [0.25, 0.3) is 5.91 Å². The average molecular weight is 250 g/mol. The molecule has 0 heterocycles. The lowest BCUT2D eigenvalue weighted by molar-refractivity contribution is 0.0917. The van der Waals surface area contributed by atoms with Crippen LogP contribution in [0.1, 0.15) is 29.6 Å². The fourth-order valence-electron chi connectivity index (χ4n) is 2.32. The average Bonchev–Trinajstić information content (AvgIpc) is 2.75. The van der Waals surface area contributed by atoms with Gasteiger partial charge in [0.15, 0.2) is 0 Å². The Hall–Kier alpha value is -1.75. The first kappa shape index (κ1) is 12.7. The Labute approximate surface area is 106 Å². The predicted octanol–water partition coefficient (Wildman–Crippen LogP) is 0.865. The SMILES string of the molecule is Nc1ccc(O)cc1C(=O)NCC1CCCC1O. The van der Waals surface area contributed by atoms with Gasteiger partial charge in [0.05, 0.1) is 11.7 Å². The van der Waals surface area contributed by atoms with E-state index in [4.69, 9.17) is 5.73 Å². The third-order valence-electron chi connectivity index (χ3n) is 3.43. The van der Waals surface area contributed by atoms with Gasteiger partial charge in [-0.15, -0.1) is 0 Å². The first-order valence-electron chi connectivity index (χ1n) is 6.12. The van der Waals surface area contributed by atoms with Gasteiger partial charge in [-0.25, -0.2) is 0 Å². The summed E-state index contributed by atoms with van der Waals surface area (Å²) >= 11 is 0. The van der Waals surface area contributed by atoms with Crippen molar-refractivity contribution in [1.29, 1.82) is 0 Å². The van der Waals surface area contributed by atoms with E-state index in [2.05, 4.69) is 5.32 Å². The standard InChI is InChI=1S/C13H18N2O3/c14-11-5-4-9(16)6-10(11)13(18)15-7-8-2-1-3-12(8)17/h4-6,8,12,16-17H,1-3,7,14H2,(H,15,18). The minimum absolute atomic E-state index is 0.00949. The van der Waals surface area contributed by atoms with Gasteiger partial charge in [-0.2, -0.15) is 0 Å². The first-order chi connectivity index (χ1) is 8.58. The summed E-state index contributed by atoms with van der Waals surface area (Å²) in [6, 6.07) is 4.28. The summed E-state index contributed by atoms with van der Waals surface area (Å²) in [5.74, 6) is -0.190. The number of hydrogen-bond donors (Lipinski definition) is 4. The van der Waals surface area contributed by atoms with E-state index in [1.165, 1.54) is 18.2 Å². The number of amides is 1. The molecule has 0 spiro atoms.